The lowest BCUT2D eigenvalue weighted by atomic mass is 10.4. The number of hydrogen-bond donors (Lipinski definition) is 1. The van der Waals surface area contributed by atoms with Gasteiger partial charge >= 0.3 is 5.97 Å². The van der Waals surface area contributed by atoms with Crippen LogP contribution >= 0.6 is 0 Å². The zero-order valence-corrected chi connectivity index (χ0v) is 10.8. The van der Waals surface area contributed by atoms with Crippen LogP contribution in [0, 0.1) is 0 Å². The molecule has 1 aliphatic rings. The van der Waals surface area contributed by atoms with E-state index in [9.17, 15) is 22.8 Å². The largest absolute Gasteiger partial charge is 0.347 e. The highest BCUT2D eigenvalue weighted by molar-refractivity contribution is 7.90. The quantitative estimate of drug-likeness (QED) is 0.641. The normalized spacial score (nSPS) is 16.5. The highest BCUT2D eigenvalue weighted by Gasteiger charge is 2.33. The predicted molar refractivity (Wildman–Crippen MR) is 59.2 cm³/mol. The molecule has 102 valence electrons. The van der Waals surface area contributed by atoms with Crippen LogP contribution in [-0.4, -0.2) is 43.1 Å². The van der Waals surface area contributed by atoms with Crippen LogP contribution in [-0.2, 0) is 29.2 Å². The van der Waals surface area contributed by atoms with E-state index in [0.717, 1.165) is 0 Å². The maximum absolute atomic E-state index is 11.3. The van der Waals surface area contributed by atoms with Crippen LogP contribution in [0.3, 0.4) is 0 Å². The summed E-state index contributed by atoms with van der Waals surface area (Å²) >= 11 is 0. The lowest BCUT2D eigenvalue weighted by Gasteiger charge is -2.13. The van der Waals surface area contributed by atoms with Crippen LogP contribution in [0.5, 0.6) is 0 Å². The molecule has 2 amide bonds. The van der Waals surface area contributed by atoms with E-state index in [1.165, 1.54) is 13.8 Å². The van der Waals surface area contributed by atoms with Crippen molar-refractivity contribution >= 4 is 27.8 Å². The Hall–Kier alpha value is -1.48. The summed E-state index contributed by atoms with van der Waals surface area (Å²) in [5.41, 5.74) is 0. The van der Waals surface area contributed by atoms with E-state index in [2.05, 4.69) is 4.84 Å². The number of amides is 2. The molecule has 0 atom stereocenters. The lowest BCUT2D eigenvalue weighted by Crippen LogP contribution is -2.39. The van der Waals surface area contributed by atoms with Gasteiger partial charge in [-0.2, -0.15) is 0 Å². The molecule has 1 N–H and O–H groups in total. The van der Waals surface area contributed by atoms with Gasteiger partial charge in [0.25, 0.3) is 11.8 Å². The van der Waals surface area contributed by atoms with Crippen LogP contribution in [0.1, 0.15) is 26.7 Å². The average Bonchev–Trinajstić information content (AvgIpc) is 2.58. The van der Waals surface area contributed by atoms with Gasteiger partial charge in [0.15, 0.2) is 0 Å². The van der Waals surface area contributed by atoms with Crippen molar-refractivity contribution in [1.29, 1.82) is 0 Å². The molecule has 0 bridgehead atoms. The first-order valence-electron chi connectivity index (χ1n) is 5.29. The number of nitrogens with zero attached hydrogens (tertiary/aromatic N) is 1. The summed E-state index contributed by atoms with van der Waals surface area (Å²) in [7, 11) is -3.59. The Morgan fingerprint density at radius 2 is 1.83 bits per heavy atom. The molecular weight excluding hydrogens is 264 g/mol. The van der Waals surface area contributed by atoms with Crippen molar-refractivity contribution in [1.82, 2.24) is 9.79 Å². The Balaban J connectivity index is 2.48. The minimum Gasteiger partial charge on any atom is -0.329 e. The summed E-state index contributed by atoms with van der Waals surface area (Å²) < 4.78 is 24.7. The van der Waals surface area contributed by atoms with Gasteiger partial charge in [0, 0.05) is 12.8 Å². The number of hydrogen-bond acceptors (Lipinski definition) is 6. The van der Waals surface area contributed by atoms with Crippen molar-refractivity contribution in [2.75, 3.05) is 6.54 Å². The number of nitrogens with one attached hydrogen (secondary N) is 1. The van der Waals surface area contributed by atoms with Crippen molar-refractivity contribution in [3.63, 3.8) is 0 Å². The Morgan fingerprint density at radius 3 is 2.28 bits per heavy atom. The van der Waals surface area contributed by atoms with Gasteiger partial charge in [-0.1, -0.05) is 0 Å². The highest BCUT2D eigenvalue weighted by Crippen LogP contribution is 2.11. The monoisotopic (exact) mass is 278 g/mol. The standard InChI is InChI=1S/C9H14N2O6S/c1-6(2)18(15,16)10-5-9(14)17-11-7(12)3-4-8(11)13/h6,10H,3-5H2,1-2H3. The average molecular weight is 278 g/mol. The first kappa shape index (κ1) is 14.6. The Labute approximate surface area is 104 Å². The highest BCUT2D eigenvalue weighted by atomic mass is 32.2. The molecule has 8 nitrogen and oxygen atoms in total. The number of hydroxylamine groups is 2. The molecule has 18 heavy (non-hydrogen) atoms. The summed E-state index contributed by atoms with van der Waals surface area (Å²) in [6.07, 6.45) is -0.0202. The van der Waals surface area contributed by atoms with Gasteiger partial charge in [-0.15, -0.1) is 5.06 Å². The van der Waals surface area contributed by atoms with Gasteiger partial charge in [-0.05, 0) is 13.8 Å². The van der Waals surface area contributed by atoms with Crippen LogP contribution in [0.4, 0.5) is 0 Å². The van der Waals surface area contributed by atoms with Crippen molar-refractivity contribution in [2.24, 2.45) is 0 Å². The molecule has 0 spiro atoms. The van der Waals surface area contributed by atoms with Crippen LogP contribution < -0.4 is 4.72 Å². The Bertz CT molecular complexity index is 453. The molecule has 1 rings (SSSR count). The molecule has 0 aromatic heterocycles. The second-order valence-electron chi connectivity index (χ2n) is 3.96. The topological polar surface area (TPSA) is 110 Å². The van der Waals surface area contributed by atoms with E-state index in [-0.39, 0.29) is 12.8 Å². The number of imide groups is 1. The molecule has 0 saturated carbocycles. The van der Waals surface area contributed by atoms with Crippen LogP contribution in [0.25, 0.3) is 0 Å². The smallest absolute Gasteiger partial charge is 0.329 e. The molecule has 1 heterocycles. The fraction of sp³-hybridized carbons (Fsp3) is 0.667. The van der Waals surface area contributed by atoms with Crippen molar-refractivity contribution < 1.29 is 27.6 Å². The molecule has 0 unspecified atom stereocenters. The molecule has 1 saturated heterocycles. The van der Waals surface area contributed by atoms with Crippen LogP contribution in [0.2, 0.25) is 0 Å². The first-order valence-corrected chi connectivity index (χ1v) is 6.83. The van der Waals surface area contributed by atoms with Gasteiger partial charge in [0.05, 0.1) is 5.25 Å². The number of rotatable bonds is 5. The van der Waals surface area contributed by atoms with E-state index in [1.807, 2.05) is 4.72 Å². The summed E-state index contributed by atoms with van der Waals surface area (Å²) in [5.74, 6) is -2.23. The summed E-state index contributed by atoms with van der Waals surface area (Å²) in [6, 6.07) is 0. The summed E-state index contributed by atoms with van der Waals surface area (Å²) in [5, 5.41) is -0.327. The minimum atomic E-state index is -3.59. The molecule has 0 radical (unpaired) electrons. The van der Waals surface area contributed by atoms with E-state index in [1.54, 1.807) is 0 Å². The third kappa shape index (κ3) is 3.50. The molecule has 0 aromatic rings. The fourth-order valence-electron chi connectivity index (χ4n) is 1.12. The molecule has 1 aliphatic heterocycles. The van der Waals surface area contributed by atoms with Gasteiger partial charge < -0.3 is 4.84 Å². The number of carbonyl (C=O) groups excluding carboxylic acids is 3. The van der Waals surface area contributed by atoms with E-state index in [0.29, 0.717) is 5.06 Å². The minimum absolute atomic E-state index is 0.0101. The zero-order valence-electron chi connectivity index (χ0n) is 10.0. The Morgan fingerprint density at radius 1 is 1.33 bits per heavy atom. The molecule has 1 fully saturated rings. The van der Waals surface area contributed by atoms with E-state index in [4.69, 9.17) is 0 Å². The molecule has 9 heteroatoms. The van der Waals surface area contributed by atoms with Gasteiger partial charge in [-0.25, -0.2) is 17.9 Å². The maximum atomic E-state index is 11.3. The predicted octanol–water partition coefficient (Wildman–Crippen LogP) is -1.08. The number of carbonyl (C=O) groups is 3. The summed E-state index contributed by atoms with van der Waals surface area (Å²) in [6.45, 7) is 2.26. The van der Waals surface area contributed by atoms with Gasteiger partial charge in [-0.3, -0.25) is 9.59 Å². The number of sulfonamides is 1. The molecule has 0 aromatic carbocycles. The first-order chi connectivity index (χ1) is 8.24. The van der Waals surface area contributed by atoms with Gasteiger partial charge in [0.2, 0.25) is 10.0 Å². The van der Waals surface area contributed by atoms with Crippen molar-refractivity contribution in [2.45, 2.75) is 31.9 Å². The van der Waals surface area contributed by atoms with Crippen molar-refractivity contribution in [3.05, 3.63) is 0 Å². The van der Waals surface area contributed by atoms with Gasteiger partial charge in [0.1, 0.15) is 6.54 Å². The van der Waals surface area contributed by atoms with E-state index < -0.39 is 39.6 Å². The second kappa shape index (κ2) is 5.44. The second-order valence-corrected chi connectivity index (χ2v) is 6.28. The van der Waals surface area contributed by atoms with Crippen LogP contribution in [0.15, 0.2) is 0 Å². The summed E-state index contributed by atoms with van der Waals surface area (Å²) in [4.78, 5) is 38.0. The fourth-order valence-corrected chi connectivity index (χ4v) is 1.77. The third-order valence-corrected chi connectivity index (χ3v) is 4.03. The Kier molecular flexibility index (Phi) is 4.41. The maximum Gasteiger partial charge on any atom is 0.347 e. The zero-order chi connectivity index (χ0) is 13.9. The molecular formula is C9H14N2O6S. The third-order valence-electron chi connectivity index (χ3n) is 2.24. The SMILES string of the molecule is CC(C)S(=O)(=O)NCC(=O)ON1C(=O)CCC1=O. The van der Waals surface area contributed by atoms with E-state index >= 15 is 0 Å². The lowest BCUT2D eigenvalue weighted by molar-refractivity contribution is -0.196. The van der Waals surface area contributed by atoms with Crippen molar-refractivity contribution in [3.8, 4) is 0 Å². The molecule has 0 aliphatic carbocycles.